The van der Waals surface area contributed by atoms with Crippen LogP contribution in [0.2, 0.25) is 0 Å². The summed E-state index contributed by atoms with van der Waals surface area (Å²) in [7, 11) is 3.95. The molecule has 2 aromatic carbocycles. The molecule has 0 aliphatic carbocycles. The number of likely N-dealkylation sites (N-methyl/N-ethyl adjacent to an activating group) is 1. The van der Waals surface area contributed by atoms with E-state index in [9.17, 15) is 4.39 Å². The summed E-state index contributed by atoms with van der Waals surface area (Å²) in [6.45, 7) is 3.10. The van der Waals surface area contributed by atoms with Crippen molar-refractivity contribution in [2.45, 2.75) is 37.4 Å². The third kappa shape index (κ3) is 3.36. The number of likely N-dealkylation sites (tertiary alicyclic amines) is 2. The van der Waals surface area contributed by atoms with Crippen molar-refractivity contribution in [3.8, 4) is 5.75 Å². The fourth-order valence-corrected chi connectivity index (χ4v) is 4.83. The normalized spacial score (nSPS) is 26.7. The summed E-state index contributed by atoms with van der Waals surface area (Å²) >= 11 is 0. The van der Waals surface area contributed by atoms with E-state index in [0.717, 1.165) is 25.4 Å². The van der Waals surface area contributed by atoms with Crippen LogP contribution >= 0.6 is 0 Å². The summed E-state index contributed by atoms with van der Waals surface area (Å²) in [5.41, 5.74) is 2.54. The van der Waals surface area contributed by atoms with Crippen LogP contribution in [-0.2, 0) is 6.54 Å². The van der Waals surface area contributed by atoms with Crippen LogP contribution in [0.1, 0.15) is 29.9 Å². The molecule has 0 unspecified atom stereocenters. The summed E-state index contributed by atoms with van der Waals surface area (Å²) < 4.78 is 18.8. The van der Waals surface area contributed by atoms with Crippen molar-refractivity contribution in [2.75, 3.05) is 27.2 Å². The van der Waals surface area contributed by atoms with Crippen molar-refractivity contribution >= 4 is 0 Å². The summed E-state index contributed by atoms with van der Waals surface area (Å²) in [5, 5.41) is 0. The highest BCUT2D eigenvalue weighted by molar-refractivity contribution is 5.30. The van der Waals surface area contributed by atoms with E-state index in [1.165, 1.54) is 24.0 Å². The lowest BCUT2D eigenvalue weighted by Crippen LogP contribution is -2.48. The van der Waals surface area contributed by atoms with Crippen LogP contribution in [0.5, 0.6) is 5.75 Å². The quantitative estimate of drug-likeness (QED) is 0.828. The number of hydrogen-bond donors (Lipinski definition) is 0. The average Bonchev–Trinajstić information content (AvgIpc) is 3.02. The van der Waals surface area contributed by atoms with Gasteiger partial charge in [0.1, 0.15) is 11.6 Å². The molecule has 2 aliphatic rings. The largest absolute Gasteiger partial charge is 0.497 e. The zero-order chi connectivity index (χ0) is 18.1. The molecule has 0 aromatic heterocycles. The molecular formula is C22H27FN2O. The molecule has 0 amide bonds. The molecular weight excluding hydrogens is 327 g/mol. The number of halogens is 1. The van der Waals surface area contributed by atoms with Gasteiger partial charge in [0.15, 0.2) is 0 Å². The molecule has 26 heavy (non-hydrogen) atoms. The Morgan fingerprint density at radius 2 is 1.96 bits per heavy atom. The first-order valence-corrected chi connectivity index (χ1v) is 9.48. The Morgan fingerprint density at radius 3 is 2.73 bits per heavy atom. The summed E-state index contributed by atoms with van der Waals surface area (Å²) in [5.74, 6) is 1.18. The van der Waals surface area contributed by atoms with Gasteiger partial charge in [-0.15, -0.1) is 0 Å². The zero-order valence-electron chi connectivity index (χ0n) is 15.6. The van der Waals surface area contributed by atoms with Crippen LogP contribution in [0.3, 0.4) is 0 Å². The molecule has 2 aliphatic heterocycles. The van der Waals surface area contributed by atoms with E-state index < -0.39 is 0 Å². The van der Waals surface area contributed by atoms with Crippen LogP contribution in [0.25, 0.3) is 0 Å². The maximum Gasteiger partial charge on any atom is 0.123 e. The van der Waals surface area contributed by atoms with Crippen molar-refractivity contribution in [1.82, 2.24) is 9.80 Å². The Morgan fingerprint density at radius 1 is 1.15 bits per heavy atom. The molecule has 4 rings (SSSR count). The molecule has 3 nitrogen and oxygen atoms in total. The highest BCUT2D eigenvalue weighted by atomic mass is 19.1. The third-order valence-electron chi connectivity index (χ3n) is 6.04. The minimum Gasteiger partial charge on any atom is -0.497 e. The lowest BCUT2D eigenvalue weighted by molar-refractivity contribution is 0.109. The summed E-state index contributed by atoms with van der Waals surface area (Å²) in [6, 6.07) is 16.5. The maximum atomic E-state index is 13.4. The Labute approximate surface area is 155 Å². The van der Waals surface area contributed by atoms with Gasteiger partial charge in [-0.25, -0.2) is 4.39 Å². The summed E-state index contributed by atoms with van der Waals surface area (Å²) in [4.78, 5) is 5.12. The van der Waals surface area contributed by atoms with E-state index in [4.69, 9.17) is 4.74 Å². The zero-order valence-corrected chi connectivity index (χ0v) is 15.6. The minimum atomic E-state index is -0.159. The molecule has 2 fully saturated rings. The van der Waals surface area contributed by atoms with Gasteiger partial charge >= 0.3 is 0 Å². The van der Waals surface area contributed by atoms with Crippen LogP contribution < -0.4 is 4.74 Å². The number of methoxy groups -OCH3 is 1. The first-order chi connectivity index (χ1) is 12.7. The number of rotatable bonds is 4. The topological polar surface area (TPSA) is 15.7 Å². The highest BCUT2D eigenvalue weighted by Gasteiger charge is 2.45. The van der Waals surface area contributed by atoms with Gasteiger partial charge in [-0.2, -0.15) is 0 Å². The van der Waals surface area contributed by atoms with Crippen LogP contribution in [0.4, 0.5) is 4.39 Å². The number of hydrogen-bond acceptors (Lipinski definition) is 3. The second-order valence-corrected chi connectivity index (χ2v) is 7.62. The maximum absolute atomic E-state index is 13.4. The van der Waals surface area contributed by atoms with Gasteiger partial charge in [-0.1, -0.05) is 24.3 Å². The van der Waals surface area contributed by atoms with Crippen molar-refractivity contribution < 1.29 is 9.13 Å². The van der Waals surface area contributed by atoms with E-state index in [1.807, 2.05) is 18.2 Å². The monoisotopic (exact) mass is 354 g/mol. The molecule has 2 aromatic rings. The Bertz CT molecular complexity index is 748. The fourth-order valence-electron chi connectivity index (χ4n) is 4.83. The molecule has 2 saturated heterocycles. The SMILES string of the molecule is COc1cccc(CN2C[C@H](c3ccc(F)cc3)[C@@H]3[C@H]2CCCN3C)c1. The average molecular weight is 354 g/mol. The smallest absolute Gasteiger partial charge is 0.123 e. The first-order valence-electron chi connectivity index (χ1n) is 9.48. The Balaban J connectivity index is 1.60. The first kappa shape index (κ1) is 17.5. The van der Waals surface area contributed by atoms with Crippen LogP contribution in [0, 0.1) is 5.82 Å². The van der Waals surface area contributed by atoms with Gasteiger partial charge < -0.3 is 9.64 Å². The fraction of sp³-hybridized carbons (Fsp3) is 0.455. The predicted octanol–water partition coefficient (Wildman–Crippen LogP) is 3.90. The number of piperidine rings is 1. The van der Waals surface area contributed by atoms with Crippen molar-refractivity contribution in [3.05, 3.63) is 65.5 Å². The van der Waals surface area contributed by atoms with E-state index in [2.05, 4.69) is 35.0 Å². The van der Waals surface area contributed by atoms with Crippen molar-refractivity contribution in [3.63, 3.8) is 0 Å². The lowest BCUT2D eigenvalue weighted by atomic mass is 9.86. The molecule has 3 atom stereocenters. The van der Waals surface area contributed by atoms with E-state index >= 15 is 0 Å². The number of nitrogens with zero attached hydrogens (tertiary/aromatic N) is 2. The second kappa shape index (κ2) is 7.37. The van der Waals surface area contributed by atoms with Crippen molar-refractivity contribution in [2.24, 2.45) is 0 Å². The number of ether oxygens (including phenoxy) is 1. The molecule has 0 radical (unpaired) electrons. The third-order valence-corrected chi connectivity index (χ3v) is 6.04. The Kier molecular flexibility index (Phi) is 4.96. The van der Waals surface area contributed by atoms with E-state index in [-0.39, 0.29) is 5.82 Å². The standard InChI is InChI=1S/C22H27FN2O/c1-24-12-4-7-21-22(24)20(17-8-10-18(23)11-9-17)15-25(21)14-16-5-3-6-19(13-16)26-2/h3,5-6,8-11,13,20-22H,4,7,12,14-15H2,1-2H3/t20-,21-,22-/m1/s1. The van der Waals surface area contributed by atoms with E-state index in [1.54, 1.807) is 19.2 Å². The van der Waals surface area contributed by atoms with E-state index in [0.29, 0.717) is 18.0 Å². The van der Waals surface area contributed by atoms with Gasteiger partial charge in [-0.3, -0.25) is 4.90 Å². The summed E-state index contributed by atoms with van der Waals surface area (Å²) in [6.07, 6.45) is 2.47. The van der Waals surface area contributed by atoms with Crippen LogP contribution in [-0.4, -0.2) is 49.1 Å². The number of fused-ring (bicyclic) bond motifs is 1. The second-order valence-electron chi connectivity index (χ2n) is 7.62. The van der Waals surface area contributed by atoms with Crippen LogP contribution in [0.15, 0.2) is 48.5 Å². The lowest BCUT2D eigenvalue weighted by Gasteiger charge is -2.39. The number of benzene rings is 2. The molecule has 0 N–H and O–H groups in total. The molecule has 4 heteroatoms. The minimum absolute atomic E-state index is 0.159. The molecule has 0 saturated carbocycles. The van der Waals surface area contributed by atoms with Gasteiger partial charge in [0.2, 0.25) is 0 Å². The molecule has 0 spiro atoms. The molecule has 138 valence electrons. The highest BCUT2D eigenvalue weighted by Crippen LogP contribution is 2.40. The Hall–Kier alpha value is -1.91. The van der Waals surface area contributed by atoms with Gasteiger partial charge in [0, 0.05) is 31.1 Å². The molecule has 2 heterocycles. The van der Waals surface area contributed by atoms with Gasteiger partial charge in [0.05, 0.1) is 7.11 Å². The van der Waals surface area contributed by atoms with Gasteiger partial charge in [-0.05, 0) is 61.8 Å². The molecule has 0 bridgehead atoms. The van der Waals surface area contributed by atoms with Crippen molar-refractivity contribution in [1.29, 1.82) is 0 Å². The van der Waals surface area contributed by atoms with Gasteiger partial charge in [0.25, 0.3) is 0 Å². The predicted molar refractivity (Wildman–Crippen MR) is 102 cm³/mol.